The summed E-state index contributed by atoms with van der Waals surface area (Å²) >= 11 is 0. The molecule has 1 saturated heterocycles. The van der Waals surface area contributed by atoms with E-state index < -0.39 is 0 Å². The van der Waals surface area contributed by atoms with Gasteiger partial charge in [-0.3, -0.25) is 4.90 Å². The molecule has 2 heterocycles. The molecule has 1 aliphatic rings. The number of hydrogen-bond donors (Lipinski definition) is 2. The molecule has 0 bridgehead atoms. The number of aromatic nitrogens is 1. The number of nitrogens with one attached hydrogen (secondary N) is 2. The number of oxazole rings is 1. The summed E-state index contributed by atoms with van der Waals surface area (Å²) in [6.07, 6.45) is 2.67. The van der Waals surface area contributed by atoms with Gasteiger partial charge in [-0.2, -0.15) is 0 Å². The first-order valence-electron chi connectivity index (χ1n) is 9.89. The summed E-state index contributed by atoms with van der Waals surface area (Å²) in [7, 11) is 0. The molecular weight excluding hydrogens is 465 g/mol. The van der Waals surface area contributed by atoms with E-state index in [4.69, 9.17) is 4.42 Å². The van der Waals surface area contributed by atoms with Crippen molar-refractivity contribution in [2.75, 3.05) is 19.6 Å². The average Bonchev–Trinajstić information content (AvgIpc) is 3.28. The van der Waals surface area contributed by atoms with Crippen molar-refractivity contribution in [3.05, 3.63) is 52.7 Å². The van der Waals surface area contributed by atoms with Gasteiger partial charge in [-0.25, -0.2) is 9.98 Å². The smallest absolute Gasteiger partial charge is 0.214 e. The molecule has 1 fully saturated rings. The minimum absolute atomic E-state index is 0. The highest BCUT2D eigenvalue weighted by Crippen LogP contribution is 2.13. The van der Waals surface area contributed by atoms with Gasteiger partial charge in [-0.05, 0) is 57.8 Å². The highest BCUT2D eigenvalue weighted by atomic mass is 127. The van der Waals surface area contributed by atoms with Crippen LogP contribution in [0.25, 0.3) is 0 Å². The predicted molar refractivity (Wildman–Crippen MR) is 124 cm³/mol. The summed E-state index contributed by atoms with van der Waals surface area (Å²) in [5.41, 5.74) is 3.52. The third kappa shape index (κ3) is 6.77. The van der Waals surface area contributed by atoms with Crippen LogP contribution in [0.15, 0.2) is 33.7 Å². The molecule has 2 aromatic rings. The number of likely N-dealkylation sites (tertiary alicyclic amines) is 1. The molecule has 3 rings (SSSR count). The van der Waals surface area contributed by atoms with E-state index in [9.17, 15) is 0 Å². The summed E-state index contributed by atoms with van der Waals surface area (Å²) < 4.78 is 5.61. The van der Waals surface area contributed by atoms with Crippen LogP contribution in [0.4, 0.5) is 0 Å². The molecule has 0 radical (unpaired) electrons. The van der Waals surface area contributed by atoms with Crippen molar-refractivity contribution in [1.82, 2.24) is 20.5 Å². The van der Waals surface area contributed by atoms with Gasteiger partial charge in [0.2, 0.25) is 5.89 Å². The number of benzene rings is 1. The van der Waals surface area contributed by atoms with Crippen LogP contribution in [0, 0.1) is 13.8 Å². The van der Waals surface area contributed by atoms with Crippen molar-refractivity contribution >= 4 is 29.9 Å². The SMILES string of the molecule is CCNC(=NCc1ccc(CN2CCCC2)cc1)NCc1nc(C)c(C)o1.I. The van der Waals surface area contributed by atoms with E-state index in [1.807, 2.05) is 13.8 Å². The zero-order valence-electron chi connectivity index (χ0n) is 17.1. The lowest BCUT2D eigenvalue weighted by molar-refractivity contribution is 0.331. The van der Waals surface area contributed by atoms with Crippen molar-refractivity contribution in [1.29, 1.82) is 0 Å². The van der Waals surface area contributed by atoms with Crippen LogP contribution in [-0.4, -0.2) is 35.5 Å². The predicted octanol–water partition coefficient (Wildman–Crippen LogP) is 3.76. The third-order valence-corrected chi connectivity index (χ3v) is 4.87. The Kier molecular flexibility index (Phi) is 9.24. The number of hydrogen-bond acceptors (Lipinski definition) is 4. The summed E-state index contributed by atoms with van der Waals surface area (Å²) in [5.74, 6) is 2.32. The number of nitrogens with zero attached hydrogens (tertiary/aromatic N) is 3. The lowest BCUT2D eigenvalue weighted by atomic mass is 10.1. The molecule has 0 spiro atoms. The topological polar surface area (TPSA) is 65.7 Å². The van der Waals surface area contributed by atoms with Gasteiger partial charge in [0.1, 0.15) is 5.76 Å². The van der Waals surface area contributed by atoms with Gasteiger partial charge < -0.3 is 15.1 Å². The van der Waals surface area contributed by atoms with E-state index in [0.29, 0.717) is 19.0 Å². The van der Waals surface area contributed by atoms with Crippen LogP contribution in [0.5, 0.6) is 0 Å². The highest BCUT2D eigenvalue weighted by molar-refractivity contribution is 14.0. The Morgan fingerprint density at radius 2 is 1.79 bits per heavy atom. The molecule has 6 nitrogen and oxygen atoms in total. The summed E-state index contributed by atoms with van der Waals surface area (Å²) in [4.78, 5) is 11.6. The molecular formula is C21H32IN5O. The normalized spacial score (nSPS) is 14.8. The molecule has 0 unspecified atom stereocenters. The van der Waals surface area contributed by atoms with E-state index >= 15 is 0 Å². The van der Waals surface area contributed by atoms with E-state index in [1.54, 1.807) is 0 Å². The first-order chi connectivity index (χ1) is 13.1. The number of aliphatic imine (C=N–C) groups is 1. The fourth-order valence-corrected chi connectivity index (χ4v) is 3.24. The van der Waals surface area contributed by atoms with Crippen molar-refractivity contribution in [3.63, 3.8) is 0 Å². The van der Waals surface area contributed by atoms with Crippen LogP contribution in [0.3, 0.4) is 0 Å². The summed E-state index contributed by atoms with van der Waals surface area (Å²) in [6.45, 7) is 11.4. The monoisotopic (exact) mass is 497 g/mol. The van der Waals surface area contributed by atoms with Gasteiger partial charge >= 0.3 is 0 Å². The van der Waals surface area contributed by atoms with Crippen LogP contribution < -0.4 is 10.6 Å². The van der Waals surface area contributed by atoms with Gasteiger partial charge in [0.15, 0.2) is 5.96 Å². The Morgan fingerprint density at radius 1 is 1.11 bits per heavy atom. The van der Waals surface area contributed by atoms with Gasteiger partial charge in [0.25, 0.3) is 0 Å². The fraction of sp³-hybridized carbons (Fsp3) is 0.524. The number of halogens is 1. The van der Waals surface area contributed by atoms with Gasteiger partial charge in [-0.15, -0.1) is 24.0 Å². The molecule has 1 aliphatic heterocycles. The van der Waals surface area contributed by atoms with E-state index in [2.05, 4.69) is 56.7 Å². The lowest BCUT2D eigenvalue weighted by Gasteiger charge is -2.14. The van der Waals surface area contributed by atoms with E-state index in [1.165, 1.54) is 37.1 Å². The minimum Gasteiger partial charge on any atom is -0.444 e. The van der Waals surface area contributed by atoms with Crippen molar-refractivity contribution in [2.24, 2.45) is 4.99 Å². The maximum atomic E-state index is 5.61. The quantitative estimate of drug-likeness (QED) is 0.347. The molecule has 0 atom stereocenters. The molecule has 0 aliphatic carbocycles. The first-order valence-corrected chi connectivity index (χ1v) is 9.89. The Morgan fingerprint density at radius 3 is 2.39 bits per heavy atom. The van der Waals surface area contributed by atoms with Gasteiger partial charge in [0.05, 0.1) is 18.8 Å². The second kappa shape index (κ2) is 11.4. The van der Waals surface area contributed by atoms with E-state index in [0.717, 1.165) is 30.5 Å². The Hall–Kier alpha value is -1.61. The van der Waals surface area contributed by atoms with E-state index in [-0.39, 0.29) is 24.0 Å². The fourth-order valence-electron chi connectivity index (χ4n) is 3.24. The number of guanidine groups is 1. The van der Waals surface area contributed by atoms with Crippen LogP contribution in [0.2, 0.25) is 0 Å². The molecule has 1 aromatic heterocycles. The van der Waals surface area contributed by atoms with Crippen LogP contribution in [0.1, 0.15) is 48.2 Å². The second-order valence-corrected chi connectivity index (χ2v) is 7.10. The molecule has 1 aromatic carbocycles. The first kappa shape index (κ1) is 22.7. The molecule has 154 valence electrons. The van der Waals surface area contributed by atoms with Crippen molar-refractivity contribution < 1.29 is 4.42 Å². The molecule has 7 heteroatoms. The van der Waals surface area contributed by atoms with Crippen molar-refractivity contribution in [3.8, 4) is 0 Å². The second-order valence-electron chi connectivity index (χ2n) is 7.10. The van der Waals surface area contributed by atoms with Crippen LogP contribution in [-0.2, 0) is 19.6 Å². The summed E-state index contributed by atoms with van der Waals surface area (Å²) in [6, 6.07) is 8.81. The Balaban J connectivity index is 0.00000280. The third-order valence-electron chi connectivity index (χ3n) is 4.87. The molecule has 0 amide bonds. The standard InChI is InChI=1S/C21H31N5O.HI/c1-4-22-21(24-14-20-25-16(2)17(3)27-20)23-13-18-7-9-19(10-8-18)15-26-11-5-6-12-26;/h7-10H,4-6,11-15H2,1-3H3,(H2,22,23,24);1H. The molecule has 28 heavy (non-hydrogen) atoms. The summed E-state index contributed by atoms with van der Waals surface area (Å²) in [5, 5.41) is 6.55. The largest absolute Gasteiger partial charge is 0.444 e. The Labute approximate surface area is 185 Å². The molecule has 0 saturated carbocycles. The maximum Gasteiger partial charge on any atom is 0.214 e. The van der Waals surface area contributed by atoms with Gasteiger partial charge in [0, 0.05) is 13.1 Å². The zero-order chi connectivity index (χ0) is 19.1. The number of rotatable bonds is 7. The number of aryl methyl sites for hydroxylation is 2. The minimum atomic E-state index is 0. The zero-order valence-corrected chi connectivity index (χ0v) is 19.5. The molecule has 2 N–H and O–H groups in total. The van der Waals surface area contributed by atoms with Crippen LogP contribution >= 0.6 is 24.0 Å². The van der Waals surface area contributed by atoms with Crippen molar-refractivity contribution in [2.45, 2.75) is 53.2 Å². The average molecular weight is 497 g/mol. The Bertz CT molecular complexity index is 731. The highest BCUT2D eigenvalue weighted by Gasteiger charge is 2.11. The lowest BCUT2D eigenvalue weighted by Crippen LogP contribution is -2.36. The van der Waals surface area contributed by atoms with Gasteiger partial charge in [-0.1, -0.05) is 24.3 Å². The maximum absolute atomic E-state index is 5.61.